The second kappa shape index (κ2) is 6.93. The van der Waals surface area contributed by atoms with Crippen molar-refractivity contribution in [3.05, 3.63) is 0 Å². The molecule has 0 saturated carbocycles. The van der Waals surface area contributed by atoms with Gasteiger partial charge < -0.3 is 25.8 Å². The number of amides is 3. The van der Waals surface area contributed by atoms with E-state index < -0.39 is 18.0 Å². The Morgan fingerprint density at radius 1 is 1.53 bits per heavy atom. The van der Waals surface area contributed by atoms with Gasteiger partial charge in [0.15, 0.2) is 0 Å². The molecule has 0 radical (unpaired) electrons. The molecule has 8 nitrogen and oxygen atoms in total. The summed E-state index contributed by atoms with van der Waals surface area (Å²) in [6.45, 7) is 0.882. The lowest BCUT2D eigenvalue weighted by Gasteiger charge is -2.19. The van der Waals surface area contributed by atoms with Crippen LogP contribution in [0, 0.1) is 5.92 Å². The summed E-state index contributed by atoms with van der Waals surface area (Å²) in [7, 11) is 1.39. The quantitative estimate of drug-likeness (QED) is 0.572. The molecule has 0 aliphatic carbocycles. The van der Waals surface area contributed by atoms with E-state index in [9.17, 15) is 14.4 Å². The summed E-state index contributed by atoms with van der Waals surface area (Å²) in [6, 6.07) is -0.337. The molecule has 19 heavy (non-hydrogen) atoms. The lowest BCUT2D eigenvalue weighted by Crippen LogP contribution is -2.43. The van der Waals surface area contributed by atoms with Crippen LogP contribution in [0.1, 0.15) is 12.8 Å². The summed E-state index contributed by atoms with van der Waals surface area (Å²) >= 11 is 0. The molecule has 0 bridgehead atoms. The summed E-state index contributed by atoms with van der Waals surface area (Å²) in [5.41, 5.74) is 5.18. The maximum atomic E-state index is 11.8. The Hall–Kier alpha value is -1.83. The maximum Gasteiger partial charge on any atom is 0.317 e. The first-order chi connectivity index (χ1) is 8.93. The number of rotatable bonds is 6. The van der Waals surface area contributed by atoms with Crippen LogP contribution < -0.4 is 11.1 Å². The van der Waals surface area contributed by atoms with Gasteiger partial charge in [0.1, 0.15) is 0 Å². The van der Waals surface area contributed by atoms with Crippen LogP contribution in [0.5, 0.6) is 0 Å². The zero-order chi connectivity index (χ0) is 14.4. The Kier molecular flexibility index (Phi) is 5.56. The van der Waals surface area contributed by atoms with Gasteiger partial charge in [-0.1, -0.05) is 0 Å². The minimum Gasteiger partial charge on any atom is -0.481 e. The van der Waals surface area contributed by atoms with Crippen molar-refractivity contribution in [3.63, 3.8) is 0 Å². The van der Waals surface area contributed by atoms with Gasteiger partial charge in [-0.05, 0) is 6.42 Å². The van der Waals surface area contributed by atoms with Gasteiger partial charge in [-0.2, -0.15) is 0 Å². The second-order valence-corrected chi connectivity index (χ2v) is 4.48. The smallest absolute Gasteiger partial charge is 0.317 e. The molecule has 0 aromatic rings. The topological polar surface area (TPSA) is 122 Å². The van der Waals surface area contributed by atoms with E-state index in [4.69, 9.17) is 15.6 Å². The molecule has 1 saturated heterocycles. The van der Waals surface area contributed by atoms with Crippen molar-refractivity contribution < 1.29 is 24.2 Å². The molecule has 4 N–H and O–H groups in total. The highest BCUT2D eigenvalue weighted by Gasteiger charge is 2.29. The van der Waals surface area contributed by atoms with Gasteiger partial charge in [-0.25, -0.2) is 4.79 Å². The number of methoxy groups -OCH3 is 1. The van der Waals surface area contributed by atoms with Crippen molar-refractivity contribution in [3.8, 4) is 0 Å². The summed E-state index contributed by atoms with van der Waals surface area (Å²) in [4.78, 5) is 34.8. The lowest BCUT2D eigenvalue weighted by atomic mass is 10.1. The molecular weight excluding hydrogens is 254 g/mol. The number of carboxylic acids is 1. The van der Waals surface area contributed by atoms with Crippen LogP contribution in [0.15, 0.2) is 0 Å². The van der Waals surface area contributed by atoms with Gasteiger partial charge in [0.05, 0.1) is 18.4 Å². The summed E-state index contributed by atoms with van der Waals surface area (Å²) in [5.74, 6) is -1.70. The molecule has 1 fully saturated rings. The van der Waals surface area contributed by atoms with Crippen molar-refractivity contribution in [2.24, 2.45) is 11.7 Å². The molecular formula is C11H19N3O5. The number of ether oxygens (including phenoxy) is 1. The molecule has 2 unspecified atom stereocenters. The van der Waals surface area contributed by atoms with E-state index >= 15 is 0 Å². The maximum absolute atomic E-state index is 11.8. The number of nitrogens with zero attached hydrogens (tertiary/aromatic N) is 1. The van der Waals surface area contributed by atoms with Crippen molar-refractivity contribution in [1.82, 2.24) is 10.2 Å². The predicted octanol–water partition coefficient (Wildman–Crippen LogP) is -1.01. The third kappa shape index (κ3) is 4.74. The molecule has 8 heteroatoms. The first-order valence-corrected chi connectivity index (χ1v) is 6.00. The number of likely N-dealkylation sites (tertiary alicyclic amines) is 1. The fourth-order valence-electron chi connectivity index (χ4n) is 1.92. The molecule has 1 aliphatic heterocycles. The van der Waals surface area contributed by atoms with Crippen LogP contribution in [0.25, 0.3) is 0 Å². The van der Waals surface area contributed by atoms with Gasteiger partial charge in [0.2, 0.25) is 5.91 Å². The van der Waals surface area contributed by atoms with Gasteiger partial charge in [0, 0.05) is 26.7 Å². The molecule has 0 aromatic heterocycles. The van der Waals surface area contributed by atoms with Gasteiger partial charge in [0.25, 0.3) is 0 Å². The van der Waals surface area contributed by atoms with Crippen LogP contribution in [0.3, 0.4) is 0 Å². The fraction of sp³-hybridized carbons (Fsp3) is 0.727. The van der Waals surface area contributed by atoms with E-state index in [1.54, 1.807) is 0 Å². The van der Waals surface area contributed by atoms with Crippen LogP contribution >= 0.6 is 0 Å². The van der Waals surface area contributed by atoms with E-state index in [1.807, 2.05) is 0 Å². The van der Waals surface area contributed by atoms with E-state index in [0.29, 0.717) is 19.5 Å². The van der Waals surface area contributed by atoms with Crippen LogP contribution in [0.2, 0.25) is 0 Å². The standard InChI is InChI=1S/C11H19N3O5/c1-19-8(4-9(15)16)5-13-11(18)14-3-2-7(6-14)10(12)17/h7-8H,2-6H2,1H3,(H2,12,17)(H,13,18)(H,15,16). The van der Waals surface area contributed by atoms with Gasteiger partial charge in [-0.15, -0.1) is 0 Å². The summed E-state index contributed by atoms with van der Waals surface area (Å²) in [6.07, 6.45) is -0.192. The summed E-state index contributed by atoms with van der Waals surface area (Å²) in [5, 5.41) is 11.2. The van der Waals surface area contributed by atoms with E-state index in [2.05, 4.69) is 5.32 Å². The SMILES string of the molecule is COC(CNC(=O)N1CCC(C(N)=O)C1)CC(=O)O. The Bertz CT molecular complexity index is 360. The number of hydrogen-bond acceptors (Lipinski definition) is 4. The van der Waals surface area contributed by atoms with Crippen molar-refractivity contribution in [2.45, 2.75) is 18.9 Å². The molecule has 3 amide bonds. The third-order valence-corrected chi connectivity index (χ3v) is 3.09. The predicted molar refractivity (Wildman–Crippen MR) is 65.3 cm³/mol. The van der Waals surface area contributed by atoms with E-state index in [-0.39, 0.29) is 24.9 Å². The number of nitrogens with two attached hydrogens (primary N) is 1. The second-order valence-electron chi connectivity index (χ2n) is 4.48. The number of hydrogen-bond donors (Lipinski definition) is 3. The Labute approximate surface area is 110 Å². The van der Waals surface area contributed by atoms with Crippen molar-refractivity contribution in [1.29, 1.82) is 0 Å². The normalized spacial score (nSPS) is 20.1. The minimum atomic E-state index is -0.990. The molecule has 1 rings (SSSR count). The zero-order valence-electron chi connectivity index (χ0n) is 10.8. The highest BCUT2D eigenvalue weighted by molar-refractivity contribution is 5.80. The largest absolute Gasteiger partial charge is 0.481 e. The lowest BCUT2D eigenvalue weighted by molar-refractivity contribution is -0.139. The summed E-state index contributed by atoms with van der Waals surface area (Å²) < 4.78 is 4.95. The minimum absolute atomic E-state index is 0.110. The number of primary amides is 1. The Balaban J connectivity index is 2.35. The van der Waals surface area contributed by atoms with Crippen molar-refractivity contribution in [2.75, 3.05) is 26.7 Å². The Morgan fingerprint density at radius 3 is 2.68 bits per heavy atom. The Morgan fingerprint density at radius 2 is 2.21 bits per heavy atom. The molecule has 0 aromatic carbocycles. The number of carbonyl (C=O) groups is 3. The average molecular weight is 273 g/mol. The fourth-order valence-corrected chi connectivity index (χ4v) is 1.92. The van der Waals surface area contributed by atoms with E-state index in [1.165, 1.54) is 12.0 Å². The molecule has 1 heterocycles. The van der Waals surface area contributed by atoms with Crippen LogP contribution in [-0.2, 0) is 14.3 Å². The first kappa shape index (κ1) is 15.2. The van der Waals surface area contributed by atoms with Crippen molar-refractivity contribution >= 4 is 17.9 Å². The number of urea groups is 1. The number of carboxylic acid groups (broad SMARTS) is 1. The third-order valence-electron chi connectivity index (χ3n) is 3.09. The molecule has 1 aliphatic rings. The molecule has 108 valence electrons. The first-order valence-electron chi connectivity index (χ1n) is 6.00. The highest BCUT2D eigenvalue weighted by atomic mass is 16.5. The van der Waals surface area contributed by atoms with Gasteiger partial charge in [-0.3, -0.25) is 9.59 Å². The monoisotopic (exact) mass is 273 g/mol. The zero-order valence-corrected chi connectivity index (χ0v) is 10.8. The average Bonchev–Trinajstić information content (AvgIpc) is 2.83. The van der Waals surface area contributed by atoms with E-state index in [0.717, 1.165) is 0 Å². The molecule has 2 atom stereocenters. The van der Waals surface area contributed by atoms with Crippen LogP contribution in [-0.4, -0.2) is 60.8 Å². The highest BCUT2D eigenvalue weighted by Crippen LogP contribution is 2.15. The number of aliphatic carboxylic acids is 1. The number of carbonyl (C=O) groups excluding carboxylic acids is 2. The van der Waals surface area contributed by atoms with Gasteiger partial charge >= 0.3 is 12.0 Å². The molecule has 0 spiro atoms. The number of nitrogens with one attached hydrogen (secondary N) is 1. The van der Waals surface area contributed by atoms with Crippen LogP contribution in [0.4, 0.5) is 4.79 Å².